The first-order chi connectivity index (χ1) is 16.0. The van der Waals surface area contributed by atoms with Crippen LogP contribution in [0.25, 0.3) is 0 Å². The van der Waals surface area contributed by atoms with Crippen molar-refractivity contribution in [2.24, 2.45) is 5.92 Å². The van der Waals surface area contributed by atoms with Gasteiger partial charge >= 0.3 is 6.03 Å². The van der Waals surface area contributed by atoms with E-state index in [4.69, 9.17) is 4.52 Å². The molecule has 2 aromatic heterocycles. The second kappa shape index (κ2) is 9.72. The van der Waals surface area contributed by atoms with Crippen molar-refractivity contribution in [3.05, 3.63) is 47.6 Å². The summed E-state index contributed by atoms with van der Waals surface area (Å²) in [6.07, 6.45) is 5.55. The number of nitrogens with one attached hydrogen (secondary N) is 1. The van der Waals surface area contributed by atoms with E-state index in [1.54, 1.807) is 17.2 Å². The molecule has 9 nitrogen and oxygen atoms in total. The zero-order valence-corrected chi connectivity index (χ0v) is 19.2. The Morgan fingerprint density at radius 3 is 2.67 bits per heavy atom. The number of pyridine rings is 1. The molecule has 0 bridgehead atoms. The van der Waals surface area contributed by atoms with Gasteiger partial charge in [0.05, 0.1) is 0 Å². The number of hydrogen-bond donors (Lipinski definition) is 1. The monoisotopic (exact) mass is 453 g/mol. The van der Waals surface area contributed by atoms with Crippen LogP contribution in [0.4, 0.5) is 4.79 Å². The van der Waals surface area contributed by atoms with Gasteiger partial charge in [-0.05, 0) is 37.3 Å². The lowest BCUT2D eigenvalue weighted by atomic mass is 9.74. The molecule has 9 heteroatoms. The SMILES string of the molecule is CCCC1(C2CCN(C(=O)c3cc(CC)on3)CC2)NC(=O)N(CCc2ccccn2)C1=O. The first-order valence-corrected chi connectivity index (χ1v) is 11.8. The van der Waals surface area contributed by atoms with Crippen LogP contribution in [-0.4, -0.2) is 63.0 Å². The van der Waals surface area contributed by atoms with Crippen LogP contribution in [0, 0.1) is 5.92 Å². The molecule has 4 rings (SSSR count). The summed E-state index contributed by atoms with van der Waals surface area (Å²) in [5.74, 6) is 0.348. The van der Waals surface area contributed by atoms with Crippen molar-refractivity contribution >= 4 is 17.8 Å². The van der Waals surface area contributed by atoms with Gasteiger partial charge in [0.2, 0.25) is 0 Å². The Hall–Kier alpha value is -3.23. The maximum absolute atomic E-state index is 13.5. The third-order valence-corrected chi connectivity index (χ3v) is 6.77. The number of nitrogens with zero attached hydrogens (tertiary/aromatic N) is 4. The van der Waals surface area contributed by atoms with E-state index in [9.17, 15) is 14.4 Å². The number of urea groups is 1. The molecule has 4 heterocycles. The van der Waals surface area contributed by atoms with Gasteiger partial charge in [-0.3, -0.25) is 19.5 Å². The van der Waals surface area contributed by atoms with Crippen molar-refractivity contribution < 1.29 is 18.9 Å². The van der Waals surface area contributed by atoms with Crippen LogP contribution in [0.2, 0.25) is 0 Å². The van der Waals surface area contributed by atoms with Crippen LogP contribution in [0.15, 0.2) is 35.0 Å². The van der Waals surface area contributed by atoms with Crippen molar-refractivity contribution in [2.75, 3.05) is 19.6 Å². The highest BCUT2D eigenvalue weighted by atomic mass is 16.5. The Balaban J connectivity index is 1.43. The number of rotatable bonds is 8. The molecule has 0 radical (unpaired) electrons. The molecule has 0 aromatic carbocycles. The topological polar surface area (TPSA) is 109 Å². The Morgan fingerprint density at radius 1 is 1.24 bits per heavy atom. The molecule has 1 unspecified atom stereocenters. The van der Waals surface area contributed by atoms with Gasteiger partial charge in [-0.1, -0.05) is 31.5 Å². The number of amides is 4. The van der Waals surface area contributed by atoms with E-state index in [1.807, 2.05) is 32.0 Å². The summed E-state index contributed by atoms with van der Waals surface area (Å²) in [5, 5.41) is 6.94. The van der Waals surface area contributed by atoms with Gasteiger partial charge in [-0.15, -0.1) is 0 Å². The molecule has 0 spiro atoms. The minimum absolute atomic E-state index is 0.0266. The molecule has 2 aliphatic rings. The molecule has 1 atom stereocenters. The lowest BCUT2D eigenvalue weighted by Crippen LogP contribution is -2.56. The Labute approximate surface area is 193 Å². The third-order valence-electron chi connectivity index (χ3n) is 6.77. The van der Waals surface area contributed by atoms with E-state index >= 15 is 0 Å². The minimum Gasteiger partial charge on any atom is -0.361 e. The summed E-state index contributed by atoms with van der Waals surface area (Å²) >= 11 is 0. The van der Waals surface area contributed by atoms with E-state index in [-0.39, 0.29) is 23.8 Å². The molecule has 1 N–H and O–H groups in total. The van der Waals surface area contributed by atoms with Crippen molar-refractivity contribution in [1.29, 1.82) is 0 Å². The summed E-state index contributed by atoms with van der Waals surface area (Å²) in [5.41, 5.74) is 0.255. The van der Waals surface area contributed by atoms with E-state index < -0.39 is 5.54 Å². The van der Waals surface area contributed by atoms with Crippen LogP contribution >= 0.6 is 0 Å². The number of imide groups is 1. The zero-order valence-electron chi connectivity index (χ0n) is 19.2. The van der Waals surface area contributed by atoms with Gasteiger partial charge in [0.25, 0.3) is 11.8 Å². The summed E-state index contributed by atoms with van der Waals surface area (Å²) in [6.45, 7) is 5.30. The lowest BCUT2D eigenvalue weighted by molar-refractivity contribution is -0.134. The molecule has 2 fully saturated rings. The van der Waals surface area contributed by atoms with E-state index in [0.29, 0.717) is 63.2 Å². The van der Waals surface area contributed by atoms with Gasteiger partial charge in [0, 0.05) is 50.4 Å². The molecule has 33 heavy (non-hydrogen) atoms. The second-order valence-corrected chi connectivity index (χ2v) is 8.78. The first-order valence-electron chi connectivity index (χ1n) is 11.8. The molecule has 2 aliphatic heterocycles. The summed E-state index contributed by atoms with van der Waals surface area (Å²) < 4.78 is 5.17. The predicted octanol–water partition coefficient (Wildman–Crippen LogP) is 2.82. The van der Waals surface area contributed by atoms with Crippen molar-refractivity contribution in [1.82, 2.24) is 25.3 Å². The number of carbonyl (C=O) groups is 3. The fourth-order valence-corrected chi connectivity index (χ4v) is 4.98. The summed E-state index contributed by atoms with van der Waals surface area (Å²) in [4.78, 5) is 46.5. The Kier molecular flexibility index (Phi) is 6.76. The third kappa shape index (κ3) is 4.49. The summed E-state index contributed by atoms with van der Waals surface area (Å²) in [6, 6.07) is 6.98. The zero-order chi connectivity index (χ0) is 23.4. The number of piperidine rings is 1. The largest absolute Gasteiger partial charge is 0.361 e. The van der Waals surface area contributed by atoms with Crippen LogP contribution < -0.4 is 5.32 Å². The smallest absolute Gasteiger partial charge is 0.325 e. The fourth-order valence-electron chi connectivity index (χ4n) is 4.98. The van der Waals surface area contributed by atoms with Crippen LogP contribution in [-0.2, 0) is 17.6 Å². The second-order valence-electron chi connectivity index (χ2n) is 8.78. The van der Waals surface area contributed by atoms with Crippen LogP contribution in [0.1, 0.15) is 61.5 Å². The number of likely N-dealkylation sites (tertiary alicyclic amines) is 1. The number of carbonyl (C=O) groups excluding carboxylic acids is 3. The average Bonchev–Trinajstić information content (AvgIpc) is 3.42. The predicted molar refractivity (Wildman–Crippen MR) is 120 cm³/mol. The molecule has 4 amide bonds. The molecule has 2 saturated heterocycles. The Bertz CT molecular complexity index is 999. The van der Waals surface area contributed by atoms with Gasteiger partial charge in [0.15, 0.2) is 5.69 Å². The van der Waals surface area contributed by atoms with E-state index in [0.717, 1.165) is 12.1 Å². The van der Waals surface area contributed by atoms with Gasteiger partial charge in [-0.2, -0.15) is 0 Å². The minimum atomic E-state index is -0.908. The highest BCUT2D eigenvalue weighted by Gasteiger charge is 2.55. The van der Waals surface area contributed by atoms with Gasteiger partial charge in [-0.25, -0.2) is 4.79 Å². The lowest BCUT2D eigenvalue weighted by Gasteiger charge is -2.40. The van der Waals surface area contributed by atoms with Gasteiger partial charge in [0.1, 0.15) is 11.3 Å². The fraction of sp³-hybridized carbons (Fsp3) is 0.542. The first kappa shape index (κ1) is 22.9. The molecular formula is C24H31N5O4. The van der Waals surface area contributed by atoms with Gasteiger partial charge < -0.3 is 14.7 Å². The average molecular weight is 454 g/mol. The standard InChI is InChI=1S/C24H31N5O4/c1-3-11-24(22(31)29(23(32)26-24)15-10-18-7-5-6-12-25-18)17-8-13-28(14-9-17)21(30)20-16-19(4-2)33-27-20/h5-7,12,16-17H,3-4,8-11,13-15H2,1-2H3,(H,26,32). The van der Waals surface area contributed by atoms with E-state index in [1.165, 1.54) is 4.90 Å². The maximum atomic E-state index is 13.5. The number of hydrogen-bond acceptors (Lipinski definition) is 6. The maximum Gasteiger partial charge on any atom is 0.325 e. The molecule has 2 aromatic rings. The number of aryl methyl sites for hydroxylation is 1. The summed E-state index contributed by atoms with van der Waals surface area (Å²) in [7, 11) is 0. The quantitative estimate of drug-likeness (QED) is 0.616. The van der Waals surface area contributed by atoms with Crippen molar-refractivity contribution in [3.63, 3.8) is 0 Å². The highest BCUT2D eigenvalue weighted by Crippen LogP contribution is 2.37. The van der Waals surface area contributed by atoms with Crippen LogP contribution in [0.5, 0.6) is 0 Å². The normalized spacial score (nSPS) is 21.5. The highest BCUT2D eigenvalue weighted by molar-refractivity contribution is 6.07. The molecule has 176 valence electrons. The number of aromatic nitrogens is 2. The van der Waals surface area contributed by atoms with Crippen molar-refractivity contribution in [2.45, 2.75) is 57.9 Å². The Morgan fingerprint density at radius 2 is 2.03 bits per heavy atom. The van der Waals surface area contributed by atoms with Crippen molar-refractivity contribution in [3.8, 4) is 0 Å². The van der Waals surface area contributed by atoms with Crippen LogP contribution in [0.3, 0.4) is 0 Å². The molecule has 0 saturated carbocycles. The van der Waals surface area contributed by atoms with E-state index in [2.05, 4.69) is 15.5 Å². The molecular weight excluding hydrogens is 422 g/mol. The molecule has 0 aliphatic carbocycles.